The van der Waals surface area contributed by atoms with E-state index >= 15 is 0 Å². The summed E-state index contributed by atoms with van der Waals surface area (Å²) in [7, 11) is 0. The Kier molecular flexibility index (Phi) is 3.08. The number of hydrogen-bond acceptors (Lipinski definition) is 3. The fourth-order valence-electron chi connectivity index (χ4n) is 2.21. The Morgan fingerprint density at radius 3 is 1.90 bits per heavy atom. The molecule has 2 aromatic carbocycles. The molecule has 0 aromatic heterocycles. The van der Waals surface area contributed by atoms with Crippen molar-refractivity contribution in [3.8, 4) is 0 Å². The molecule has 4 heteroatoms. The predicted molar refractivity (Wildman–Crippen MR) is 72.9 cm³/mol. The van der Waals surface area contributed by atoms with Gasteiger partial charge in [0.05, 0.1) is 11.1 Å². The fraction of sp³-hybridized carbons (Fsp3) is 0.125. The van der Waals surface area contributed by atoms with Gasteiger partial charge < -0.3 is 0 Å². The van der Waals surface area contributed by atoms with E-state index in [-0.39, 0.29) is 6.10 Å². The monoisotopic (exact) mass is 267 g/mol. The molecular weight excluding hydrogens is 254 g/mol. The smallest absolute Gasteiger partial charge is 0.266 e. The van der Waals surface area contributed by atoms with Crippen LogP contribution in [0.3, 0.4) is 0 Å². The van der Waals surface area contributed by atoms with E-state index in [1.54, 1.807) is 31.2 Å². The molecule has 0 bridgehead atoms. The van der Waals surface area contributed by atoms with Crippen molar-refractivity contribution in [1.29, 1.82) is 0 Å². The van der Waals surface area contributed by atoms with Gasteiger partial charge in [0, 0.05) is 0 Å². The van der Waals surface area contributed by atoms with Crippen LogP contribution in [0.1, 0.15) is 39.3 Å². The predicted octanol–water partition coefficient (Wildman–Crippen LogP) is 2.98. The summed E-state index contributed by atoms with van der Waals surface area (Å²) >= 11 is 0. The number of carbonyl (C=O) groups excluding carboxylic acids is 2. The Hall–Kier alpha value is -2.46. The van der Waals surface area contributed by atoms with Crippen molar-refractivity contribution < 1.29 is 14.4 Å². The number of benzene rings is 2. The summed E-state index contributed by atoms with van der Waals surface area (Å²) in [5, 5.41) is 0.850. The van der Waals surface area contributed by atoms with Crippen LogP contribution in [0.2, 0.25) is 0 Å². The van der Waals surface area contributed by atoms with Gasteiger partial charge in [-0.15, -0.1) is 5.06 Å². The Morgan fingerprint density at radius 2 is 1.35 bits per heavy atom. The average Bonchev–Trinajstić information content (AvgIpc) is 2.74. The fourth-order valence-corrected chi connectivity index (χ4v) is 2.21. The second-order valence-corrected chi connectivity index (χ2v) is 4.61. The Morgan fingerprint density at radius 1 is 0.850 bits per heavy atom. The number of fused-ring (bicyclic) bond motifs is 1. The second-order valence-electron chi connectivity index (χ2n) is 4.61. The summed E-state index contributed by atoms with van der Waals surface area (Å²) < 4.78 is 0. The molecule has 1 heterocycles. The minimum Gasteiger partial charge on any atom is -0.266 e. The summed E-state index contributed by atoms with van der Waals surface area (Å²) in [6.45, 7) is 1.80. The van der Waals surface area contributed by atoms with E-state index in [1.165, 1.54) is 0 Å². The Balaban J connectivity index is 1.84. The first kappa shape index (κ1) is 12.6. The molecule has 0 saturated heterocycles. The third kappa shape index (κ3) is 2.00. The van der Waals surface area contributed by atoms with Gasteiger partial charge >= 0.3 is 0 Å². The van der Waals surface area contributed by atoms with Crippen molar-refractivity contribution in [1.82, 2.24) is 5.06 Å². The first-order chi connectivity index (χ1) is 9.68. The molecule has 0 radical (unpaired) electrons. The third-order valence-corrected chi connectivity index (χ3v) is 3.29. The lowest BCUT2D eigenvalue weighted by Gasteiger charge is -2.19. The molecular formula is C16H13NO3. The van der Waals surface area contributed by atoms with Gasteiger partial charge in [-0.3, -0.25) is 14.4 Å². The molecule has 2 amide bonds. The van der Waals surface area contributed by atoms with Crippen molar-refractivity contribution >= 4 is 11.8 Å². The first-order valence-corrected chi connectivity index (χ1v) is 6.38. The van der Waals surface area contributed by atoms with Gasteiger partial charge in [0.25, 0.3) is 11.8 Å². The van der Waals surface area contributed by atoms with Crippen LogP contribution in [0.15, 0.2) is 54.6 Å². The van der Waals surface area contributed by atoms with Gasteiger partial charge in [-0.25, -0.2) is 0 Å². The van der Waals surface area contributed by atoms with Gasteiger partial charge in [-0.05, 0) is 24.6 Å². The average molecular weight is 267 g/mol. The molecule has 3 rings (SSSR count). The molecule has 1 aliphatic rings. The van der Waals surface area contributed by atoms with Crippen LogP contribution in [0, 0.1) is 0 Å². The van der Waals surface area contributed by atoms with E-state index in [2.05, 4.69) is 0 Å². The molecule has 0 fully saturated rings. The highest BCUT2D eigenvalue weighted by Gasteiger charge is 2.37. The molecule has 1 unspecified atom stereocenters. The van der Waals surface area contributed by atoms with Gasteiger partial charge in [0.1, 0.15) is 6.10 Å². The molecule has 1 atom stereocenters. The second kappa shape index (κ2) is 4.90. The third-order valence-electron chi connectivity index (χ3n) is 3.29. The maximum atomic E-state index is 12.2. The zero-order chi connectivity index (χ0) is 14.1. The zero-order valence-corrected chi connectivity index (χ0v) is 10.9. The number of carbonyl (C=O) groups is 2. The maximum absolute atomic E-state index is 12.2. The summed E-state index contributed by atoms with van der Waals surface area (Å²) in [5.74, 6) is -0.818. The number of imide groups is 1. The molecule has 4 nitrogen and oxygen atoms in total. The van der Waals surface area contributed by atoms with Crippen molar-refractivity contribution in [3.63, 3.8) is 0 Å². The van der Waals surface area contributed by atoms with Crippen LogP contribution in [0.25, 0.3) is 0 Å². The number of amides is 2. The van der Waals surface area contributed by atoms with Crippen LogP contribution in [0.4, 0.5) is 0 Å². The number of nitrogens with zero attached hydrogens (tertiary/aromatic N) is 1. The minimum atomic E-state index is -0.409. The highest BCUT2D eigenvalue weighted by atomic mass is 16.7. The zero-order valence-electron chi connectivity index (χ0n) is 10.9. The standard InChI is InChI=1S/C16H13NO3/c1-11(12-7-3-2-4-8-12)20-17-15(18)13-9-5-6-10-14(13)16(17)19/h2-11H,1H3. The summed E-state index contributed by atoms with van der Waals surface area (Å²) in [6.07, 6.45) is -0.376. The lowest BCUT2D eigenvalue weighted by Crippen LogP contribution is -2.31. The van der Waals surface area contributed by atoms with E-state index < -0.39 is 11.8 Å². The summed E-state index contributed by atoms with van der Waals surface area (Å²) in [5.41, 5.74) is 1.68. The molecule has 100 valence electrons. The normalized spacial score (nSPS) is 15.3. The molecule has 2 aromatic rings. The van der Waals surface area contributed by atoms with E-state index in [0.717, 1.165) is 10.6 Å². The maximum Gasteiger partial charge on any atom is 0.285 e. The Bertz CT molecular complexity index is 631. The van der Waals surface area contributed by atoms with E-state index in [1.807, 2.05) is 30.3 Å². The summed E-state index contributed by atoms with van der Waals surface area (Å²) in [4.78, 5) is 29.8. The number of rotatable bonds is 3. The van der Waals surface area contributed by atoms with Crippen LogP contribution < -0.4 is 0 Å². The lowest BCUT2D eigenvalue weighted by molar-refractivity contribution is -0.128. The van der Waals surface area contributed by atoms with Crippen molar-refractivity contribution in [3.05, 3.63) is 71.3 Å². The lowest BCUT2D eigenvalue weighted by atomic mass is 10.1. The molecule has 0 saturated carbocycles. The van der Waals surface area contributed by atoms with E-state index in [9.17, 15) is 9.59 Å². The van der Waals surface area contributed by atoms with Crippen LogP contribution in [0.5, 0.6) is 0 Å². The van der Waals surface area contributed by atoms with Gasteiger partial charge in [-0.1, -0.05) is 42.5 Å². The van der Waals surface area contributed by atoms with Crippen LogP contribution in [-0.2, 0) is 4.84 Å². The van der Waals surface area contributed by atoms with Gasteiger partial charge in [0.15, 0.2) is 0 Å². The molecule has 0 aliphatic carbocycles. The summed E-state index contributed by atoms with van der Waals surface area (Å²) in [6, 6.07) is 16.2. The number of hydrogen-bond donors (Lipinski definition) is 0. The Labute approximate surface area is 116 Å². The molecule has 1 aliphatic heterocycles. The van der Waals surface area contributed by atoms with Gasteiger partial charge in [-0.2, -0.15) is 0 Å². The molecule has 0 spiro atoms. The largest absolute Gasteiger partial charge is 0.285 e. The van der Waals surface area contributed by atoms with Crippen molar-refractivity contribution in [2.24, 2.45) is 0 Å². The van der Waals surface area contributed by atoms with Crippen LogP contribution >= 0.6 is 0 Å². The van der Waals surface area contributed by atoms with E-state index in [4.69, 9.17) is 4.84 Å². The van der Waals surface area contributed by atoms with Gasteiger partial charge in [0.2, 0.25) is 0 Å². The topological polar surface area (TPSA) is 46.6 Å². The molecule has 0 N–H and O–H groups in total. The SMILES string of the molecule is CC(ON1C(=O)c2ccccc2C1=O)c1ccccc1. The minimum absolute atomic E-state index is 0.376. The molecule has 20 heavy (non-hydrogen) atoms. The van der Waals surface area contributed by atoms with E-state index in [0.29, 0.717) is 11.1 Å². The first-order valence-electron chi connectivity index (χ1n) is 6.38. The quantitative estimate of drug-likeness (QED) is 0.803. The highest BCUT2D eigenvalue weighted by Crippen LogP contribution is 2.26. The number of hydroxylamine groups is 2. The van der Waals surface area contributed by atoms with Crippen molar-refractivity contribution in [2.75, 3.05) is 0 Å². The van der Waals surface area contributed by atoms with Crippen LogP contribution in [-0.4, -0.2) is 16.9 Å². The van der Waals surface area contributed by atoms with Crippen molar-refractivity contribution in [2.45, 2.75) is 13.0 Å². The highest BCUT2D eigenvalue weighted by molar-refractivity contribution is 6.20.